The minimum absolute atomic E-state index is 0.154. The van der Waals surface area contributed by atoms with Gasteiger partial charge in [0.25, 0.3) is 0 Å². The lowest BCUT2D eigenvalue weighted by atomic mass is 10.1. The molecule has 0 saturated carbocycles. The van der Waals surface area contributed by atoms with E-state index >= 15 is 0 Å². The van der Waals surface area contributed by atoms with E-state index in [0.717, 1.165) is 0 Å². The van der Waals surface area contributed by atoms with Gasteiger partial charge >= 0.3 is 5.97 Å². The molecule has 0 aliphatic carbocycles. The molecule has 0 unspecified atom stereocenters. The number of furan rings is 1. The Bertz CT molecular complexity index is 577. The monoisotopic (exact) mass is 242 g/mol. The van der Waals surface area contributed by atoms with Crippen molar-refractivity contribution in [3.05, 3.63) is 65.6 Å². The molecule has 0 radical (unpaired) electrons. The Morgan fingerprint density at radius 1 is 1.06 bits per heavy atom. The van der Waals surface area contributed by atoms with Crippen LogP contribution in [0.15, 0.2) is 53.2 Å². The van der Waals surface area contributed by atoms with E-state index in [-0.39, 0.29) is 11.3 Å². The number of ketones is 1. The molecule has 4 heteroatoms. The zero-order valence-corrected chi connectivity index (χ0v) is 9.37. The number of benzene rings is 1. The lowest BCUT2D eigenvalue weighted by Gasteiger charge is -1.97. The maximum atomic E-state index is 11.7. The van der Waals surface area contributed by atoms with E-state index < -0.39 is 5.97 Å². The maximum absolute atomic E-state index is 11.7. The summed E-state index contributed by atoms with van der Waals surface area (Å²) in [5.74, 6) is -0.631. The van der Waals surface area contributed by atoms with E-state index in [1.807, 2.05) is 0 Å². The zero-order valence-electron chi connectivity index (χ0n) is 9.37. The molecular formula is C14H10O4. The third kappa shape index (κ3) is 2.74. The molecule has 1 aromatic carbocycles. The van der Waals surface area contributed by atoms with Crippen LogP contribution in [0.25, 0.3) is 6.08 Å². The minimum Gasteiger partial charge on any atom is -0.478 e. The molecule has 1 N–H and O–H groups in total. The quantitative estimate of drug-likeness (QED) is 0.661. The van der Waals surface area contributed by atoms with Crippen LogP contribution >= 0.6 is 0 Å². The molecule has 2 aromatic rings. The van der Waals surface area contributed by atoms with Gasteiger partial charge in [-0.2, -0.15) is 0 Å². The van der Waals surface area contributed by atoms with Crippen LogP contribution in [0, 0.1) is 0 Å². The van der Waals surface area contributed by atoms with Crippen LogP contribution in [-0.2, 0) is 0 Å². The van der Waals surface area contributed by atoms with Crippen LogP contribution in [0.4, 0.5) is 0 Å². The summed E-state index contributed by atoms with van der Waals surface area (Å²) in [6.07, 6.45) is 4.47. The van der Waals surface area contributed by atoms with Gasteiger partial charge < -0.3 is 9.52 Å². The molecule has 0 aliphatic rings. The van der Waals surface area contributed by atoms with Gasteiger partial charge in [-0.3, -0.25) is 4.79 Å². The molecule has 0 atom stereocenters. The first-order chi connectivity index (χ1) is 8.66. The largest absolute Gasteiger partial charge is 0.478 e. The second-order valence-electron chi connectivity index (χ2n) is 3.60. The Labute approximate surface area is 103 Å². The van der Waals surface area contributed by atoms with E-state index in [1.165, 1.54) is 36.6 Å². The average Bonchev–Trinajstić information content (AvgIpc) is 2.89. The Morgan fingerprint density at radius 2 is 1.72 bits per heavy atom. The van der Waals surface area contributed by atoms with E-state index in [4.69, 9.17) is 9.52 Å². The molecule has 1 aromatic heterocycles. The highest BCUT2D eigenvalue weighted by Crippen LogP contribution is 2.08. The molecule has 1 heterocycles. The van der Waals surface area contributed by atoms with Gasteiger partial charge in [0.1, 0.15) is 5.76 Å². The molecule has 4 nitrogen and oxygen atoms in total. The molecular weight excluding hydrogens is 232 g/mol. The molecule has 2 rings (SSSR count). The fraction of sp³-hybridized carbons (Fsp3) is 0. The molecule has 0 aliphatic heterocycles. The van der Waals surface area contributed by atoms with Gasteiger partial charge in [-0.05, 0) is 36.4 Å². The predicted octanol–water partition coefficient (Wildman–Crippen LogP) is 2.87. The van der Waals surface area contributed by atoms with Crippen LogP contribution in [-0.4, -0.2) is 16.9 Å². The van der Waals surface area contributed by atoms with Crippen molar-refractivity contribution in [2.75, 3.05) is 0 Å². The van der Waals surface area contributed by atoms with E-state index in [1.54, 1.807) is 18.2 Å². The molecule has 0 fully saturated rings. The summed E-state index contributed by atoms with van der Waals surface area (Å²) in [5, 5.41) is 8.73. The molecule has 0 spiro atoms. The maximum Gasteiger partial charge on any atom is 0.335 e. The second kappa shape index (κ2) is 5.14. The van der Waals surface area contributed by atoms with Crippen molar-refractivity contribution in [2.45, 2.75) is 0 Å². The van der Waals surface area contributed by atoms with Gasteiger partial charge in [0.2, 0.25) is 0 Å². The first-order valence-electron chi connectivity index (χ1n) is 5.26. The SMILES string of the molecule is O=C(O)c1ccc(C(=O)/C=C/c2ccco2)cc1. The van der Waals surface area contributed by atoms with E-state index in [2.05, 4.69) is 0 Å². The second-order valence-corrected chi connectivity index (χ2v) is 3.60. The van der Waals surface area contributed by atoms with Crippen LogP contribution in [0.1, 0.15) is 26.5 Å². The first kappa shape index (κ1) is 11.9. The summed E-state index contributed by atoms with van der Waals surface area (Å²) in [6.45, 7) is 0. The fourth-order valence-corrected chi connectivity index (χ4v) is 1.42. The average molecular weight is 242 g/mol. The van der Waals surface area contributed by atoms with Crippen LogP contribution < -0.4 is 0 Å². The van der Waals surface area contributed by atoms with Crippen molar-refractivity contribution in [3.63, 3.8) is 0 Å². The highest BCUT2D eigenvalue weighted by atomic mass is 16.4. The molecule has 18 heavy (non-hydrogen) atoms. The summed E-state index contributed by atoms with van der Waals surface area (Å²) in [5.41, 5.74) is 0.587. The molecule has 0 amide bonds. The number of allylic oxidation sites excluding steroid dienone is 1. The number of rotatable bonds is 4. The van der Waals surface area contributed by atoms with Crippen molar-refractivity contribution in [2.24, 2.45) is 0 Å². The standard InChI is InChI=1S/C14H10O4/c15-13(8-7-12-2-1-9-18-12)10-3-5-11(6-4-10)14(16)17/h1-9H,(H,16,17)/b8-7+. The minimum atomic E-state index is -1.01. The number of aromatic carboxylic acids is 1. The number of carboxylic acid groups (broad SMARTS) is 1. The van der Waals surface area contributed by atoms with Gasteiger partial charge in [0.05, 0.1) is 11.8 Å². The fourth-order valence-electron chi connectivity index (χ4n) is 1.42. The number of hydrogen-bond acceptors (Lipinski definition) is 3. The molecule has 0 saturated heterocycles. The van der Waals surface area contributed by atoms with Gasteiger partial charge in [0, 0.05) is 5.56 Å². The first-order valence-corrected chi connectivity index (χ1v) is 5.26. The summed E-state index contributed by atoms with van der Waals surface area (Å²) in [4.78, 5) is 22.4. The third-order valence-corrected chi connectivity index (χ3v) is 2.36. The number of carbonyl (C=O) groups is 2. The number of hydrogen-bond donors (Lipinski definition) is 1. The van der Waals surface area contributed by atoms with E-state index in [9.17, 15) is 9.59 Å². The molecule has 90 valence electrons. The van der Waals surface area contributed by atoms with Crippen LogP contribution in [0.2, 0.25) is 0 Å². The Hall–Kier alpha value is -2.62. The Morgan fingerprint density at radius 3 is 2.28 bits per heavy atom. The summed E-state index contributed by atoms with van der Waals surface area (Å²) in [7, 11) is 0. The van der Waals surface area contributed by atoms with Gasteiger partial charge in [-0.1, -0.05) is 12.1 Å². The van der Waals surface area contributed by atoms with Crippen molar-refractivity contribution >= 4 is 17.8 Å². The lowest BCUT2D eigenvalue weighted by Crippen LogP contribution is -1.98. The van der Waals surface area contributed by atoms with Gasteiger partial charge in [0.15, 0.2) is 5.78 Å². The zero-order chi connectivity index (χ0) is 13.0. The highest BCUT2D eigenvalue weighted by molar-refractivity contribution is 6.07. The van der Waals surface area contributed by atoms with Crippen molar-refractivity contribution in [1.29, 1.82) is 0 Å². The van der Waals surface area contributed by atoms with Crippen molar-refractivity contribution in [1.82, 2.24) is 0 Å². The summed E-state index contributed by atoms with van der Waals surface area (Å²) in [6, 6.07) is 9.23. The topological polar surface area (TPSA) is 67.5 Å². The highest BCUT2D eigenvalue weighted by Gasteiger charge is 2.05. The van der Waals surface area contributed by atoms with Gasteiger partial charge in [-0.25, -0.2) is 4.79 Å². The summed E-state index contributed by atoms with van der Waals surface area (Å²) >= 11 is 0. The van der Waals surface area contributed by atoms with E-state index in [0.29, 0.717) is 11.3 Å². The normalized spacial score (nSPS) is 10.7. The van der Waals surface area contributed by atoms with Crippen molar-refractivity contribution < 1.29 is 19.1 Å². The summed E-state index contributed by atoms with van der Waals surface area (Å²) < 4.78 is 5.05. The number of carboxylic acids is 1. The number of carbonyl (C=O) groups excluding carboxylic acids is 1. The Balaban J connectivity index is 2.12. The predicted molar refractivity (Wildman–Crippen MR) is 65.5 cm³/mol. The molecule has 0 bridgehead atoms. The smallest absolute Gasteiger partial charge is 0.335 e. The van der Waals surface area contributed by atoms with Crippen LogP contribution in [0.5, 0.6) is 0 Å². The van der Waals surface area contributed by atoms with Gasteiger partial charge in [-0.15, -0.1) is 0 Å². The van der Waals surface area contributed by atoms with Crippen molar-refractivity contribution in [3.8, 4) is 0 Å². The third-order valence-electron chi connectivity index (χ3n) is 2.36. The lowest BCUT2D eigenvalue weighted by molar-refractivity contribution is 0.0696. The Kier molecular flexibility index (Phi) is 3.38. The van der Waals surface area contributed by atoms with Crippen LogP contribution in [0.3, 0.4) is 0 Å².